The summed E-state index contributed by atoms with van der Waals surface area (Å²) in [7, 11) is 1.37. The molecule has 1 aliphatic rings. The molecule has 1 aliphatic heterocycles. The van der Waals surface area contributed by atoms with E-state index in [1.165, 1.54) is 27.9 Å². The molecule has 9 nitrogen and oxygen atoms in total. The van der Waals surface area contributed by atoms with Gasteiger partial charge >= 0.3 is 17.9 Å². The van der Waals surface area contributed by atoms with Crippen molar-refractivity contribution in [1.82, 2.24) is 0 Å². The van der Waals surface area contributed by atoms with E-state index in [1.54, 1.807) is 0 Å². The highest BCUT2D eigenvalue weighted by Crippen LogP contribution is 2.26. The van der Waals surface area contributed by atoms with Crippen LogP contribution in [-0.2, 0) is 38.1 Å². The molecule has 0 radical (unpaired) electrons. The summed E-state index contributed by atoms with van der Waals surface area (Å²) in [5, 5.41) is 0. The van der Waals surface area contributed by atoms with E-state index >= 15 is 0 Å². The normalized spacial score (nSPS) is 31.2. The van der Waals surface area contributed by atoms with Crippen LogP contribution in [0.5, 0.6) is 0 Å². The number of ether oxygens (including phenoxy) is 5. The van der Waals surface area contributed by atoms with Gasteiger partial charge in [0.05, 0.1) is 6.04 Å². The predicted octanol–water partition coefficient (Wildman–Crippen LogP) is -0.888. The molecule has 0 aromatic rings. The number of carbonyl (C=O) groups is 3. The molecule has 0 saturated carbocycles. The Morgan fingerprint density at radius 2 is 1.55 bits per heavy atom. The van der Waals surface area contributed by atoms with Gasteiger partial charge in [-0.15, -0.1) is 0 Å². The zero-order valence-corrected chi connectivity index (χ0v) is 12.9. The van der Waals surface area contributed by atoms with Crippen molar-refractivity contribution in [3.05, 3.63) is 0 Å². The quantitative estimate of drug-likeness (QED) is 0.507. The Balaban J connectivity index is 3.00. The van der Waals surface area contributed by atoms with Gasteiger partial charge in [0, 0.05) is 27.9 Å². The minimum absolute atomic E-state index is 0.197. The van der Waals surface area contributed by atoms with Gasteiger partial charge in [-0.1, -0.05) is 0 Å². The first-order valence-electron chi connectivity index (χ1n) is 6.68. The fourth-order valence-electron chi connectivity index (χ4n) is 2.14. The molecule has 0 amide bonds. The summed E-state index contributed by atoms with van der Waals surface area (Å²) in [4.78, 5) is 33.5. The maximum Gasteiger partial charge on any atom is 0.303 e. The molecule has 1 heterocycles. The van der Waals surface area contributed by atoms with Gasteiger partial charge in [-0.25, -0.2) is 0 Å². The van der Waals surface area contributed by atoms with Gasteiger partial charge in [-0.3, -0.25) is 14.4 Å². The van der Waals surface area contributed by atoms with E-state index in [2.05, 4.69) is 0 Å². The maximum absolute atomic E-state index is 11.3. The van der Waals surface area contributed by atoms with Gasteiger partial charge in [0.25, 0.3) is 0 Å². The molecule has 9 heteroatoms. The van der Waals surface area contributed by atoms with Crippen LogP contribution in [0.25, 0.3) is 0 Å². The average molecular weight is 319 g/mol. The Bertz CT molecular complexity index is 426. The van der Waals surface area contributed by atoms with Gasteiger partial charge < -0.3 is 29.4 Å². The lowest BCUT2D eigenvalue weighted by Crippen LogP contribution is -2.64. The summed E-state index contributed by atoms with van der Waals surface area (Å²) in [5.74, 6) is -1.74. The third kappa shape index (κ3) is 4.93. The van der Waals surface area contributed by atoms with E-state index in [0.29, 0.717) is 0 Å². The number of nitrogens with two attached hydrogens (primary N) is 1. The Kier molecular flexibility index (Phi) is 6.72. The van der Waals surface area contributed by atoms with E-state index in [9.17, 15) is 14.4 Å². The van der Waals surface area contributed by atoms with E-state index < -0.39 is 48.6 Å². The first kappa shape index (κ1) is 18.3. The summed E-state index contributed by atoms with van der Waals surface area (Å²) in [6, 6.07) is -0.869. The van der Waals surface area contributed by atoms with Crippen molar-refractivity contribution in [3.8, 4) is 0 Å². The summed E-state index contributed by atoms with van der Waals surface area (Å²) < 4.78 is 25.8. The Morgan fingerprint density at radius 1 is 1.00 bits per heavy atom. The molecule has 5 atom stereocenters. The van der Waals surface area contributed by atoms with Crippen LogP contribution in [0.1, 0.15) is 20.8 Å². The summed E-state index contributed by atoms with van der Waals surface area (Å²) >= 11 is 0. The maximum atomic E-state index is 11.3. The smallest absolute Gasteiger partial charge is 0.303 e. The molecule has 0 unspecified atom stereocenters. The van der Waals surface area contributed by atoms with E-state index in [0.717, 1.165) is 0 Å². The number of carbonyl (C=O) groups excluding carboxylic acids is 3. The first-order chi connectivity index (χ1) is 10.3. The third-order valence-corrected chi connectivity index (χ3v) is 2.98. The molecule has 1 rings (SSSR count). The topological polar surface area (TPSA) is 123 Å². The minimum atomic E-state index is -1.01. The predicted molar refractivity (Wildman–Crippen MR) is 71.4 cm³/mol. The molecular formula is C13H21NO8. The van der Waals surface area contributed by atoms with Crippen molar-refractivity contribution in [1.29, 1.82) is 0 Å². The molecule has 1 saturated heterocycles. The van der Waals surface area contributed by atoms with Gasteiger partial charge in [0.1, 0.15) is 12.7 Å². The zero-order valence-electron chi connectivity index (χ0n) is 12.9. The summed E-state index contributed by atoms with van der Waals surface area (Å²) in [6.07, 6.45) is -3.78. The highest BCUT2D eigenvalue weighted by Gasteiger charge is 2.49. The van der Waals surface area contributed by atoms with Crippen molar-refractivity contribution in [2.45, 2.75) is 51.4 Å². The SMILES string of the molecule is CO[C@H]1O[C@H](COC(C)=O)[C@@H](OC(C)=O)[C@H](OC(C)=O)[C@H]1N. The fraction of sp³-hybridized carbons (Fsp3) is 0.769. The highest BCUT2D eigenvalue weighted by molar-refractivity contribution is 5.67. The van der Waals surface area contributed by atoms with Crippen molar-refractivity contribution in [3.63, 3.8) is 0 Å². The third-order valence-electron chi connectivity index (χ3n) is 2.98. The van der Waals surface area contributed by atoms with Crippen molar-refractivity contribution < 1.29 is 38.1 Å². The molecule has 0 aliphatic carbocycles. The minimum Gasteiger partial charge on any atom is -0.463 e. The van der Waals surface area contributed by atoms with Gasteiger partial charge in [-0.2, -0.15) is 0 Å². The monoisotopic (exact) mass is 319 g/mol. The van der Waals surface area contributed by atoms with Crippen molar-refractivity contribution in [2.24, 2.45) is 5.73 Å². The second-order valence-corrected chi connectivity index (χ2v) is 4.81. The van der Waals surface area contributed by atoms with Crippen LogP contribution in [0.4, 0.5) is 0 Å². The Labute approximate surface area is 128 Å². The van der Waals surface area contributed by atoms with Crippen LogP contribution in [0.3, 0.4) is 0 Å². The molecule has 2 N–H and O–H groups in total. The summed E-state index contributed by atoms with van der Waals surface area (Å²) in [5.41, 5.74) is 5.94. The second-order valence-electron chi connectivity index (χ2n) is 4.81. The molecule has 0 bridgehead atoms. The lowest BCUT2D eigenvalue weighted by molar-refractivity contribution is -0.267. The number of rotatable bonds is 5. The number of esters is 3. The van der Waals surface area contributed by atoms with E-state index in [1.807, 2.05) is 0 Å². The average Bonchev–Trinajstić information content (AvgIpc) is 2.41. The van der Waals surface area contributed by atoms with Gasteiger partial charge in [-0.05, 0) is 0 Å². The van der Waals surface area contributed by atoms with Gasteiger partial charge in [0.2, 0.25) is 0 Å². The fourth-order valence-corrected chi connectivity index (χ4v) is 2.14. The first-order valence-corrected chi connectivity index (χ1v) is 6.68. The molecule has 126 valence electrons. The number of hydrogen-bond acceptors (Lipinski definition) is 9. The zero-order chi connectivity index (χ0) is 16.9. The Hall–Kier alpha value is -1.71. The van der Waals surface area contributed by atoms with Crippen LogP contribution >= 0.6 is 0 Å². The van der Waals surface area contributed by atoms with Crippen LogP contribution in [0, 0.1) is 0 Å². The van der Waals surface area contributed by atoms with E-state index in [4.69, 9.17) is 29.4 Å². The largest absolute Gasteiger partial charge is 0.463 e. The molecule has 1 fully saturated rings. The lowest BCUT2D eigenvalue weighted by atomic mass is 9.97. The standard InChI is InChI=1S/C13H21NO8/c1-6(15)19-5-9-11(20-7(2)16)12(21-8(3)17)10(14)13(18-4)22-9/h9-13H,5,14H2,1-4H3/t9-,10-,11-,12-,13+/m1/s1. The molecule has 22 heavy (non-hydrogen) atoms. The molecule has 0 aromatic heterocycles. The molecule has 0 aromatic carbocycles. The second kappa shape index (κ2) is 8.06. The lowest BCUT2D eigenvalue weighted by Gasteiger charge is -2.43. The number of methoxy groups -OCH3 is 1. The van der Waals surface area contributed by atoms with Crippen molar-refractivity contribution in [2.75, 3.05) is 13.7 Å². The van der Waals surface area contributed by atoms with Gasteiger partial charge in [0.15, 0.2) is 18.5 Å². The number of hydrogen-bond donors (Lipinski definition) is 1. The van der Waals surface area contributed by atoms with Crippen LogP contribution < -0.4 is 5.73 Å². The van der Waals surface area contributed by atoms with Crippen LogP contribution in [0.15, 0.2) is 0 Å². The van der Waals surface area contributed by atoms with Crippen molar-refractivity contribution >= 4 is 17.9 Å². The highest BCUT2D eigenvalue weighted by atomic mass is 16.7. The molecule has 0 spiro atoms. The Morgan fingerprint density at radius 3 is 2.00 bits per heavy atom. The van der Waals surface area contributed by atoms with E-state index in [-0.39, 0.29) is 6.61 Å². The van der Waals surface area contributed by atoms with Crippen LogP contribution in [0.2, 0.25) is 0 Å². The molecular weight excluding hydrogens is 298 g/mol. The summed E-state index contributed by atoms with van der Waals surface area (Å²) in [6.45, 7) is 3.43. The van der Waals surface area contributed by atoms with Crippen LogP contribution in [-0.4, -0.2) is 62.3 Å².